The smallest absolute Gasteiger partial charge is 0.246 e. The van der Waals surface area contributed by atoms with Gasteiger partial charge in [0.15, 0.2) is 0 Å². The molecule has 9 heteroatoms. The summed E-state index contributed by atoms with van der Waals surface area (Å²) in [6.45, 7) is 0.440. The standard InChI is InChI=1S/C16H18FN3O4S/c1-23-15-9-18-10-16(19-15)24-12-5-4-8-20(11-12)25(21,22)14-7-3-2-6-13(14)17/h2-3,6-7,9-10,12H,4-5,8,11H2,1H3. The molecule has 1 unspecified atom stereocenters. The van der Waals surface area contributed by atoms with Crippen molar-refractivity contribution in [3.63, 3.8) is 0 Å². The van der Waals surface area contributed by atoms with Crippen LogP contribution in [0.2, 0.25) is 0 Å². The van der Waals surface area contributed by atoms with Crippen molar-refractivity contribution in [2.45, 2.75) is 23.8 Å². The van der Waals surface area contributed by atoms with Crippen LogP contribution < -0.4 is 9.47 Å². The monoisotopic (exact) mass is 367 g/mol. The Morgan fingerprint density at radius 2 is 2.00 bits per heavy atom. The first-order valence-electron chi connectivity index (χ1n) is 7.78. The fraction of sp³-hybridized carbons (Fsp3) is 0.375. The number of hydrogen-bond donors (Lipinski definition) is 0. The van der Waals surface area contributed by atoms with E-state index in [1.54, 1.807) is 0 Å². The number of hydrogen-bond acceptors (Lipinski definition) is 6. The topological polar surface area (TPSA) is 81.6 Å². The number of rotatable bonds is 5. The third-order valence-corrected chi connectivity index (χ3v) is 5.78. The molecule has 0 saturated carbocycles. The maximum Gasteiger partial charge on any atom is 0.246 e. The van der Waals surface area contributed by atoms with Crippen LogP contribution in [0.15, 0.2) is 41.6 Å². The van der Waals surface area contributed by atoms with Crippen molar-refractivity contribution < 1.29 is 22.3 Å². The van der Waals surface area contributed by atoms with E-state index in [9.17, 15) is 12.8 Å². The average Bonchev–Trinajstić information content (AvgIpc) is 2.62. The van der Waals surface area contributed by atoms with E-state index in [1.165, 1.54) is 42.0 Å². The van der Waals surface area contributed by atoms with E-state index < -0.39 is 21.9 Å². The fourth-order valence-electron chi connectivity index (χ4n) is 2.67. The lowest BCUT2D eigenvalue weighted by Gasteiger charge is -2.31. The summed E-state index contributed by atoms with van der Waals surface area (Å²) in [5, 5.41) is 0. The molecule has 1 aromatic carbocycles. The first-order valence-corrected chi connectivity index (χ1v) is 9.22. The predicted molar refractivity (Wildman–Crippen MR) is 87.4 cm³/mol. The molecule has 2 aromatic rings. The Kier molecular flexibility index (Phi) is 5.14. The molecular weight excluding hydrogens is 349 g/mol. The molecule has 7 nitrogen and oxygen atoms in total. The summed E-state index contributed by atoms with van der Waals surface area (Å²) in [6, 6.07) is 5.36. The minimum absolute atomic E-state index is 0.121. The van der Waals surface area contributed by atoms with Gasteiger partial charge < -0.3 is 9.47 Å². The summed E-state index contributed by atoms with van der Waals surface area (Å²) in [5.41, 5.74) is 0. The highest BCUT2D eigenvalue weighted by Crippen LogP contribution is 2.24. The number of halogens is 1. The number of methoxy groups -OCH3 is 1. The van der Waals surface area contributed by atoms with E-state index in [4.69, 9.17) is 9.47 Å². The van der Waals surface area contributed by atoms with E-state index in [2.05, 4.69) is 9.97 Å². The summed E-state index contributed by atoms with van der Waals surface area (Å²) < 4.78 is 51.2. The van der Waals surface area contributed by atoms with Gasteiger partial charge in [-0.25, -0.2) is 12.8 Å². The molecule has 0 spiro atoms. The number of ether oxygens (including phenoxy) is 2. The molecule has 134 valence electrons. The van der Waals surface area contributed by atoms with Gasteiger partial charge in [0.2, 0.25) is 21.8 Å². The van der Waals surface area contributed by atoms with Gasteiger partial charge in [0.1, 0.15) is 16.8 Å². The van der Waals surface area contributed by atoms with Crippen molar-refractivity contribution in [2.75, 3.05) is 20.2 Å². The number of sulfonamides is 1. The number of benzene rings is 1. The van der Waals surface area contributed by atoms with Crippen LogP contribution in [-0.2, 0) is 10.0 Å². The van der Waals surface area contributed by atoms with E-state index in [-0.39, 0.29) is 17.3 Å². The van der Waals surface area contributed by atoms with Crippen molar-refractivity contribution in [3.8, 4) is 11.8 Å². The van der Waals surface area contributed by atoms with Gasteiger partial charge in [-0.1, -0.05) is 12.1 Å². The predicted octanol–water partition coefficient (Wildman–Crippen LogP) is 1.86. The molecule has 1 atom stereocenters. The first kappa shape index (κ1) is 17.6. The minimum atomic E-state index is -3.91. The Hall–Kier alpha value is -2.26. The highest BCUT2D eigenvalue weighted by Gasteiger charge is 2.33. The molecule has 1 aromatic heterocycles. The van der Waals surface area contributed by atoms with Crippen molar-refractivity contribution in [3.05, 3.63) is 42.5 Å². The van der Waals surface area contributed by atoms with Gasteiger partial charge in [-0.05, 0) is 25.0 Å². The van der Waals surface area contributed by atoms with Gasteiger partial charge in [-0.2, -0.15) is 9.29 Å². The third-order valence-electron chi connectivity index (χ3n) is 3.88. The lowest BCUT2D eigenvalue weighted by atomic mass is 10.1. The van der Waals surface area contributed by atoms with Gasteiger partial charge >= 0.3 is 0 Å². The minimum Gasteiger partial charge on any atom is -0.480 e. The molecular formula is C16H18FN3O4S. The lowest BCUT2D eigenvalue weighted by molar-refractivity contribution is 0.123. The summed E-state index contributed by atoms with van der Waals surface area (Å²) in [7, 11) is -2.44. The molecule has 0 aliphatic carbocycles. The zero-order chi connectivity index (χ0) is 17.9. The molecule has 25 heavy (non-hydrogen) atoms. The Morgan fingerprint density at radius 1 is 1.24 bits per heavy atom. The van der Waals surface area contributed by atoms with Gasteiger partial charge in [0.25, 0.3) is 0 Å². The number of nitrogens with zero attached hydrogens (tertiary/aromatic N) is 3. The normalized spacial score (nSPS) is 18.7. The van der Waals surface area contributed by atoms with Crippen LogP contribution in [0.5, 0.6) is 11.8 Å². The number of piperidine rings is 1. The summed E-state index contributed by atoms with van der Waals surface area (Å²) in [5.74, 6) is -0.192. The summed E-state index contributed by atoms with van der Waals surface area (Å²) in [4.78, 5) is 7.74. The van der Waals surface area contributed by atoms with Crippen LogP contribution in [0, 0.1) is 5.82 Å². The highest BCUT2D eigenvalue weighted by atomic mass is 32.2. The van der Waals surface area contributed by atoms with Gasteiger partial charge in [-0.15, -0.1) is 0 Å². The van der Waals surface area contributed by atoms with E-state index in [1.807, 2.05) is 0 Å². The van der Waals surface area contributed by atoms with Gasteiger partial charge in [-0.3, -0.25) is 4.98 Å². The van der Waals surface area contributed by atoms with Crippen LogP contribution in [0.4, 0.5) is 4.39 Å². The molecule has 2 heterocycles. The fourth-order valence-corrected chi connectivity index (χ4v) is 4.24. The van der Waals surface area contributed by atoms with Crippen molar-refractivity contribution in [1.82, 2.24) is 14.3 Å². The van der Waals surface area contributed by atoms with Crippen molar-refractivity contribution >= 4 is 10.0 Å². The largest absolute Gasteiger partial charge is 0.480 e. The van der Waals surface area contributed by atoms with Gasteiger partial charge in [0, 0.05) is 6.54 Å². The second kappa shape index (κ2) is 7.32. The highest BCUT2D eigenvalue weighted by molar-refractivity contribution is 7.89. The maximum atomic E-state index is 13.9. The molecule has 0 N–H and O–H groups in total. The Bertz CT molecular complexity index is 847. The first-order chi connectivity index (χ1) is 12.0. The van der Waals surface area contributed by atoms with Gasteiger partial charge in [0.05, 0.1) is 26.0 Å². The Balaban J connectivity index is 1.75. The molecule has 0 amide bonds. The molecule has 3 rings (SSSR count). The third kappa shape index (κ3) is 3.88. The second-order valence-corrected chi connectivity index (χ2v) is 7.48. The van der Waals surface area contributed by atoms with Crippen LogP contribution in [0.1, 0.15) is 12.8 Å². The molecule has 1 saturated heterocycles. The van der Waals surface area contributed by atoms with Crippen LogP contribution in [0.25, 0.3) is 0 Å². The molecule has 0 radical (unpaired) electrons. The Morgan fingerprint density at radius 3 is 2.76 bits per heavy atom. The SMILES string of the molecule is COc1cncc(OC2CCCN(S(=O)(=O)c3ccccc3F)C2)n1. The maximum absolute atomic E-state index is 13.9. The van der Waals surface area contributed by atoms with E-state index >= 15 is 0 Å². The van der Waals surface area contributed by atoms with E-state index in [0.29, 0.717) is 25.3 Å². The zero-order valence-corrected chi connectivity index (χ0v) is 14.4. The van der Waals surface area contributed by atoms with Crippen molar-refractivity contribution in [2.24, 2.45) is 0 Å². The van der Waals surface area contributed by atoms with Crippen molar-refractivity contribution in [1.29, 1.82) is 0 Å². The van der Waals surface area contributed by atoms with Crippen LogP contribution in [-0.4, -0.2) is 49.0 Å². The zero-order valence-electron chi connectivity index (χ0n) is 13.6. The average molecular weight is 367 g/mol. The lowest BCUT2D eigenvalue weighted by Crippen LogP contribution is -2.44. The van der Waals surface area contributed by atoms with Crippen LogP contribution >= 0.6 is 0 Å². The molecule has 1 fully saturated rings. The molecule has 1 aliphatic heterocycles. The summed E-state index contributed by atoms with van der Waals surface area (Å²) in [6.07, 6.45) is 3.77. The quantitative estimate of drug-likeness (QED) is 0.802. The summed E-state index contributed by atoms with van der Waals surface area (Å²) >= 11 is 0. The number of aromatic nitrogens is 2. The van der Waals surface area contributed by atoms with E-state index in [0.717, 1.165) is 6.07 Å². The molecule has 1 aliphatic rings. The van der Waals surface area contributed by atoms with Crippen LogP contribution in [0.3, 0.4) is 0 Å². The second-order valence-electron chi connectivity index (χ2n) is 5.58. The Labute approximate surface area is 145 Å². The molecule has 0 bridgehead atoms.